The highest BCUT2D eigenvalue weighted by Gasteiger charge is 2.27. The van der Waals surface area contributed by atoms with Crippen molar-refractivity contribution in [2.75, 3.05) is 5.75 Å². The minimum Gasteiger partial charge on any atom is -0.195 e. The maximum Gasteiger partial charge on any atom is 0.302 e. The summed E-state index contributed by atoms with van der Waals surface area (Å²) in [6, 6.07) is 0. The van der Waals surface area contributed by atoms with Crippen LogP contribution in [0.3, 0.4) is 0 Å². The Labute approximate surface area is 67.0 Å². The van der Waals surface area contributed by atoms with Gasteiger partial charge in [0.1, 0.15) is 0 Å². The molecule has 1 rings (SSSR count). The van der Waals surface area contributed by atoms with Crippen molar-refractivity contribution in [2.45, 2.75) is 26.2 Å². The van der Waals surface area contributed by atoms with Crippen molar-refractivity contribution in [3.63, 3.8) is 0 Å². The number of halogens is 1. The molecular weight excluding hydrogens is 167 g/mol. The van der Waals surface area contributed by atoms with E-state index in [1.54, 1.807) is 6.92 Å². The molecule has 0 N–H and O–H groups in total. The zero-order valence-electron chi connectivity index (χ0n) is 6.59. The molecule has 1 unspecified atom stereocenters. The fourth-order valence-corrected chi connectivity index (χ4v) is 2.36. The molecule has 1 fully saturated rings. The molecule has 0 aliphatic heterocycles. The Kier molecular flexibility index (Phi) is 2.52. The average molecular weight is 180 g/mol. The van der Waals surface area contributed by atoms with Crippen LogP contribution in [0.5, 0.6) is 0 Å². The van der Waals surface area contributed by atoms with Crippen LogP contribution in [-0.4, -0.2) is 14.2 Å². The van der Waals surface area contributed by atoms with Crippen LogP contribution >= 0.6 is 0 Å². The molecule has 0 aromatic carbocycles. The van der Waals surface area contributed by atoms with Gasteiger partial charge in [-0.25, -0.2) is 0 Å². The monoisotopic (exact) mass is 180 g/mol. The Morgan fingerprint density at radius 1 is 1.55 bits per heavy atom. The van der Waals surface area contributed by atoms with Gasteiger partial charge in [-0.2, -0.15) is 8.42 Å². The first-order valence-corrected chi connectivity index (χ1v) is 5.46. The molecule has 4 heteroatoms. The summed E-state index contributed by atoms with van der Waals surface area (Å²) in [4.78, 5) is 0. The number of rotatable bonds is 3. The molecule has 1 saturated carbocycles. The first-order chi connectivity index (χ1) is 4.99. The van der Waals surface area contributed by atoms with Crippen molar-refractivity contribution in [3.05, 3.63) is 0 Å². The van der Waals surface area contributed by atoms with Crippen molar-refractivity contribution in [2.24, 2.45) is 11.8 Å². The van der Waals surface area contributed by atoms with Crippen LogP contribution in [-0.2, 0) is 10.2 Å². The van der Waals surface area contributed by atoms with Gasteiger partial charge in [0.25, 0.3) is 0 Å². The van der Waals surface area contributed by atoms with Gasteiger partial charge in [-0.1, -0.05) is 26.2 Å². The van der Waals surface area contributed by atoms with E-state index < -0.39 is 10.2 Å². The van der Waals surface area contributed by atoms with Gasteiger partial charge in [-0.15, -0.1) is 3.89 Å². The van der Waals surface area contributed by atoms with E-state index in [9.17, 15) is 12.3 Å². The van der Waals surface area contributed by atoms with Gasteiger partial charge in [0.15, 0.2) is 0 Å². The normalized spacial score (nSPS) is 22.7. The Balaban J connectivity index is 2.36. The van der Waals surface area contributed by atoms with E-state index in [1.165, 1.54) is 6.42 Å². The minimum atomic E-state index is -4.24. The molecule has 1 atom stereocenters. The highest BCUT2D eigenvalue weighted by Crippen LogP contribution is 2.33. The van der Waals surface area contributed by atoms with Gasteiger partial charge in [0.2, 0.25) is 0 Å². The average Bonchev–Trinajstić information content (AvgIpc) is 1.50. The highest BCUT2D eigenvalue weighted by molar-refractivity contribution is 7.86. The number of hydrogen-bond donors (Lipinski definition) is 0. The predicted octanol–water partition coefficient (Wildman–Crippen LogP) is 1.72. The van der Waals surface area contributed by atoms with Crippen molar-refractivity contribution >= 4 is 10.2 Å². The summed E-state index contributed by atoms with van der Waals surface area (Å²) in [5.74, 6) is 0.150. The first kappa shape index (κ1) is 8.97. The lowest BCUT2D eigenvalue weighted by Gasteiger charge is -2.30. The molecule has 0 amide bonds. The van der Waals surface area contributed by atoms with E-state index >= 15 is 0 Å². The Morgan fingerprint density at radius 2 is 2.09 bits per heavy atom. The Hall–Kier alpha value is -0.120. The zero-order chi connectivity index (χ0) is 8.48. The molecule has 66 valence electrons. The summed E-state index contributed by atoms with van der Waals surface area (Å²) in [6.07, 6.45) is 3.30. The van der Waals surface area contributed by atoms with E-state index in [2.05, 4.69) is 0 Å². The standard InChI is InChI=1S/C7H13FO2S/c1-6(5-11(8,9)10)7-3-2-4-7/h6-7H,2-5H2,1H3. The van der Waals surface area contributed by atoms with E-state index in [1.807, 2.05) is 0 Å². The smallest absolute Gasteiger partial charge is 0.195 e. The van der Waals surface area contributed by atoms with Crippen molar-refractivity contribution in [1.82, 2.24) is 0 Å². The van der Waals surface area contributed by atoms with Crippen molar-refractivity contribution in [3.8, 4) is 0 Å². The van der Waals surface area contributed by atoms with Gasteiger partial charge in [-0.3, -0.25) is 0 Å². The molecule has 11 heavy (non-hydrogen) atoms. The quantitative estimate of drug-likeness (QED) is 0.620. The Morgan fingerprint density at radius 3 is 2.36 bits per heavy atom. The second-order valence-electron chi connectivity index (χ2n) is 3.37. The van der Waals surface area contributed by atoms with Crippen LogP contribution in [0.4, 0.5) is 3.89 Å². The molecule has 1 aliphatic carbocycles. The lowest BCUT2D eigenvalue weighted by molar-refractivity contribution is 0.235. The molecule has 0 aromatic heterocycles. The SMILES string of the molecule is CC(CS(=O)(=O)F)C1CCC1. The summed E-state index contributed by atoms with van der Waals surface area (Å²) in [6.45, 7) is 1.81. The maximum absolute atomic E-state index is 12.1. The highest BCUT2D eigenvalue weighted by atomic mass is 32.3. The van der Waals surface area contributed by atoms with Gasteiger partial charge in [0.05, 0.1) is 5.75 Å². The predicted molar refractivity (Wildman–Crippen MR) is 41.4 cm³/mol. The fourth-order valence-electron chi connectivity index (χ4n) is 1.46. The largest absolute Gasteiger partial charge is 0.302 e. The minimum absolute atomic E-state index is 0.00116. The molecule has 0 aromatic rings. The van der Waals surface area contributed by atoms with Crippen LogP contribution in [0.15, 0.2) is 0 Å². The summed E-state index contributed by atoms with van der Waals surface area (Å²) in [5.41, 5.74) is 0. The molecule has 0 saturated heterocycles. The fraction of sp³-hybridized carbons (Fsp3) is 1.00. The summed E-state index contributed by atoms with van der Waals surface area (Å²) < 4.78 is 32.6. The van der Waals surface area contributed by atoms with E-state index in [0.717, 1.165) is 12.8 Å². The topological polar surface area (TPSA) is 34.1 Å². The third-order valence-electron chi connectivity index (χ3n) is 2.42. The summed E-state index contributed by atoms with van der Waals surface area (Å²) in [5, 5.41) is 0. The van der Waals surface area contributed by atoms with Crippen LogP contribution in [0.2, 0.25) is 0 Å². The van der Waals surface area contributed by atoms with Crippen LogP contribution in [0.1, 0.15) is 26.2 Å². The molecule has 1 aliphatic rings. The molecule has 0 spiro atoms. The van der Waals surface area contributed by atoms with Gasteiger partial charge in [-0.05, 0) is 11.8 Å². The molecule has 0 heterocycles. The third kappa shape index (κ3) is 2.77. The van der Waals surface area contributed by atoms with Gasteiger partial charge < -0.3 is 0 Å². The van der Waals surface area contributed by atoms with Crippen LogP contribution in [0.25, 0.3) is 0 Å². The molecule has 0 radical (unpaired) electrons. The van der Waals surface area contributed by atoms with Crippen LogP contribution < -0.4 is 0 Å². The molecule has 0 bridgehead atoms. The van der Waals surface area contributed by atoms with Crippen molar-refractivity contribution in [1.29, 1.82) is 0 Å². The second-order valence-corrected chi connectivity index (χ2v) is 4.78. The van der Waals surface area contributed by atoms with Crippen molar-refractivity contribution < 1.29 is 12.3 Å². The molecule has 2 nitrogen and oxygen atoms in total. The third-order valence-corrected chi connectivity index (χ3v) is 3.34. The van der Waals surface area contributed by atoms with Gasteiger partial charge >= 0.3 is 10.2 Å². The second kappa shape index (κ2) is 3.09. The molecular formula is C7H13FO2S. The van der Waals surface area contributed by atoms with E-state index in [4.69, 9.17) is 0 Å². The maximum atomic E-state index is 12.1. The summed E-state index contributed by atoms with van der Waals surface area (Å²) >= 11 is 0. The number of hydrogen-bond acceptors (Lipinski definition) is 2. The van der Waals surface area contributed by atoms with Gasteiger partial charge in [0, 0.05) is 0 Å². The lowest BCUT2D eigenvalue weighted by atomic mass is 9.77. The first-order valence-electron chi connectivity index (χ1n) is 3.91. The zero-order valence-corrected chi connectivity index (χ0v) is 7.40. The Bertz CT molecular complexity index is 219. The summed E-state index contributed by atoms with van der Waals surface area (Å²) in [7, 11) is -4.24. The van der Waals surface area contributed by atoms with E-state index in [0.29, 0.717) is 5.92 Å². The van der Waals surface area contributed by atoms with E-state index in [-0.39, 0.29) is 11.7 Å². The lowest BCUT2D eigenvalue weighted by Crippen LogP contribution is -2.24. The van der Waals surface area contributed by atoms with Crippen LogP contribution in [0, 0.1) is 11.8 Å².